The monoisotopic (exact) mass is 466 g/mol. The lowest BCUT2D eigenvalue weighted by molar-refractivity contribution is -0.660. The van der Waals surface area contributed by atoms with E-state index in [0.717, 1.165) is 66.2 Å². The molecule has 5 nitrogen and oxygen atoms in total. The van der Waals surface area contributed by atoms with Crippen LogP contribution in [0.1, 0.15) is 11.1 Å². The van der Waals surface area contributed by atoms with E-state index in [9.17, 15) is 5.26 Å². The minimum absolute atomic E-state index is 0.513. The van der Waals surface area contributed by atoms with E-state index < -0.39 is 0 Å². The summed E-state index contributed by atoms with van der Waals surface area (Å²) in [6.07, 6.45) is 3.59. The maximum atomic E-state index is 9.25. The minimum Gasteiger partial charge on any atom is -0.454 e. The predicted octanol–water partition coefficient (Wildman–Crippen LogP) is 7.22. The number of hydrogen-bond acceptors (Lipinski definition) is 4. The van der Waals surface area contributed by atoms with Crippen molar-refractivity contribution in [3.8, 4) is 28.5 Å². The van der Waals surface area contributed by atoms with Crippen molar-refractivity contribution in [2.24, 2.45) is 7.05 Å². The second-order valence-electron chi connectivity index (χ2n) is 9.12. The minimum atomic E-state index is 0.513. The average Bonchev–Trinajstić information content (AvgIpc) is 3.46. The third-order valence-corrected chi connectivity index (χ3v) is 6.96. The summed E-state index contributed by atoms with van der Waals surface area (Å²) in [5.74, 6) is 0. The molecule has 0 radical (unpaired) electrons. The zero-order valence-corrected chi connectivity index (χ0v) is 19.7. The number of aryl methyl sites for hydroxylation is 2. The number of rotatable bonds is 2. The first-order valence-electron chi connectivity index (χ1n) is 11.7. The normalized spacial score (nSPS) is 11.6. The van der Waals surface area contributed by atoms with Crippen molar-refractivity contribution in [2.75, 3.05) is 0 Å². The van der Waals surface area contributed by atoms with Crippen LogP contribution in [0.5, 0.6) is 0 Å². The quantitative estimate of drug-likeness (QED) is 0.252. The Morgan fingerprint density at radius 1 is 0.833 bits per heavy atom. The second-order valence-corrected chi connectivity index (χ2v) is 9.12. The third-order valence-electron chi connectivity index (χ3n) is 6.96. The summed E-state index contributed by atoms with van der Waals surface area (Å²) in [4.78, 5) is 4.31. The molecule has 0 aliphatic carbocycles. The van der Waals surface area contributed by atoms with E-state index in [2.05, 4.69) is 84.3 Å². The van der Waals surface area contributed by atoms with Gasteiger partial charge in [-0.1, -0.05) is 36.4 Å². The fraction of sp³-hybridized carbons (Fsp3) is 0.0645. The van der Waals surface area contributed by atoms with Gasteiger partial charge in [0.25, 0.3) is 0 Å². The molecule has 0 aliphatic rings. The molecule has 170 valence electrons. The zero-order chi connectivity index (χ0) is 24.4. The predicted molar refractivity (Wildman–Crippen MR) is 140 cm³/mol. The largest absolute Gasteiger partial charge is 0.454 e. The number of furan rings is 2. The number of benzene rings is 3. The van der Waals surface area contributed by atoms with Gasteiger partial charge in [0.15, 0.2) is 6.20 Å². The fourth-order valence-corrected chi connectivity index (χ4v) is 5.18. The van der Waals surface area contributed by atoms with E-state index in [1.165, 1.54) is 6.20 Å². The van der Waals surface area contributed by atoms with Crippen LogP contribution in [0.2, 0.25) is 0 Å². The van der Waals surface area contributed by atoms with Gasteiger partial charge >= 0.3 is 0 Å². The molecule has 0 amide bonds. The summed E-state index contributed by atoms with van der Waals surface area (Å²) in [6, 6.07) is 26.9. The molecule has 0 saturated heterocycles. The van der Waals surface area contributed by atoms with Crippen molar-refractivity contribution in [1.29, 1.82) is 5.26 Å². The zero-order valence-electron chi connectivity index (χ0n) is 19.7. The SMILES string of the molecule is Cc1ccc2c(oc3c(-c4ccc5c(c4)oc4ncc(C#N)cc45)cccc32)c1-c1cccc[n+]1C. The highest BCUT2D eigenvalue weighted by Gasteiger charge is 2.21. The smallest absolute Gasteiger partial charge is 0.227 e. The number of para-hydroxylation sites is 1. The number of pyridine rings is 2. The molecule has 0 atom stereocenters. The molecule has 0 spiro atoms. The molecule has 36 heavy (non-hydrogen) atoms. The van der Waals surface area contributed by atoms with Gasteiger partial charge in [0.05, 0.1) is 11.1 Å². The molecular formula is C31H20N3O2+. The van der Waals surface area contributed by atoms with E-state index in [0.29, 0.717) is 11.3 Å². The number of hydrogen-bond donors (Lipinski definition) is 0. The van der Waals surface area contributed by atoms with Crippen LogP contribution in [0.3, 0.4) is 0 Å². The van der Waals surface area contributed by atoms with Gasteiger partial charge in [-0.25, -0.2) is 9.55 Å². The standard InChI is InChI=1S/C31H20N3O2/c1-18-9-11-24-23-7-5-6-21(29(23)36-30(24)28(18)26-8-3-4-13-34(26)2)20-10-12-22-25-14-19(16-32)17-33-31(25)35-27(22)15-20/h3-15,17H,1-2H3/q+1. The Bertz CT molecular complexity index is 2040. The molecule has 7 rings (SSSR count). The van der Waals surface area contributed by atoms with Crippen molar-refractivity contribution >= 4 is 44.0 Å². The highest BCUT2D eigenvalue weighted by Crippen LogP contribution is 2.41. The van der Waals surface area contributed by atoms with Crippen molar-refractivity contribution in [3.63, 3.8) is 0 Å². The van der Waals surface area contributed by atoms with Crippen LogP contribution in [0.4, 0.5) is 0 Å². The lowest BCUT2D eigenvalue weighted by Crippen LogP contribution is -2.30. The van der Waals surface area contributed by atoms with Gasteiger partial charge in [-0.05, 0) is 42.3 Å². The summed E-state index contributed by atoms with van der Waals surface area (Å²) in [7, 11) is 2.05. The highest BCUT2D eigenvalue weighted by molar-refractivity contribution is 6.14. The van der Waals surface area contributed by atoms with Crippen LogP contribution >= 0.6 is 0 Å². The van der Waals surface area contributed by atoms with Crippen LogP contribution in [-0.2, 0) is 7.05 Å². The van der Waals surface area contributed by atoms with Gasteiger partial charge in [-0.2, -0.15) is 5.26 Å². The van der Waals surface area contributed by atoms with Crippen LogP contribution in [0, 0.1) is 18.3 Å². The van der Waals surface area contributed by atoms with Crippen molar-refractivity contribution < 1.29 is 13.4 Å². The molecule has 0 N–H and O–H groups in total. The van der Waals surface area contributed by atoms with E-state index >= 15 is 0 Å². The van der Waals surface area contributed by atoms with Gasteiger partial charge in [0.1, 0.15) is 29.9 Å². The Kier molecular flexibility index (Phi) is 4.27. The summed E-state index contributed by atoms with van der Waals surface area (Å²) in [6.45, 7) is 2.12. The molecule has 7 aromatic rings. The van der Waals surface area contributed by atoms with Gasteiger partial charge in [0.2, 0.25) is 11.4 Å². The first-order valence-corrected chi connectivity index (χ1v) is 11.7. The van der Waals surface area contributed by atoms with Crippen LogP contribution < -0.4 is 4.57 Å². The Morgan fingerprint density at radius 2 is 1.69 bits per heavy atom. The average molecular weight is 467 g/mol. The highest BCUT2D eigenvalue weighted by atomic mass is 16.3. The second kappa shape index (κ2) is 7.53. The summed E-state index contributed by atoms with van der Waals surface area (Å²) in [5.41, 5.74) is 8.87. The van der Waals surface area contributed by atoms with E-state index in [1.54, 1.807) is 0 Å². The van der Waals surface area contributed by atoms with Crippen LogP contribution in [0.15, 0.2) is 94.0 Å². The molecule has 4 aromatic heterocycles. The van der Waals surface area contributed by atoms with E-state index in [1.807, 2.05) is 24.3 Å². The summed E-state index contributed by atoms with van der Waals surface area (Å²) in [5, 5.41) is 13.2. The number of fused-ring (bicyclic) bond motifs is 6. The first kappa shape index (κ1) is 20.4. The van der Waals surface area contributed by atoms with Crippen molar-refractivity contribution in [3.05, 3.63) is 96.3 Å². The summed E-state index contributed by atoms with van der Waals surface area (Å²) >= 11 is 0. The number of aromatic nitrogens is 2. The van der Waals surface area contributed by atoms with Gasteiger partial charge in [-0.15, -0.1) is 0 Å². The molecule has 3 aromatic carbocycles. The first-order chi connectivity index (χ1) is 17.6. The van der Waals surface area contributed by atoms with E-state index in [-0.39, 0.29) is 0 Å². The van der Waals surface area contributed by atoms with E-state index in [4.69, 9.17) is 8.83 Å². The number of nitriles is 1. The molecule has 4 heterocycles. The van der Waals surface area contributed by atoms with Crippen molar-refractivity contribution in [2.45, 2.75) is 6.92 Å². The van der Waals surface area contributed by atoms with Crippen LogP contribution in [-0.4, -0.2) is 4.98 Å². The Balaban J connectivity index is 1.48. The molecule has 0 bridgehead atoms. The molecule has 0 fully saturated rings. The molecule has 0 aliphatic heterocycles. The third kappa shape index (κ3) is 2.88. The maximum absolute atomic E-state index is 9.25. The molecule has 0 unspecified atom stereocenters. The van der Waals surface area contributed by atoms with Crippen LogP contribution in [0.25, 0.3) is 66.4 Å². The Hall–Kier alpha value is -4.95. The van der Waals surface area contributed by atoms with Gasteiger partial charge in [0, 0.05) is 45.4 Å². The lowest BCUT2D eigenvalue weighted by atomic mass is 9.98. The molecular weight excluding hydrogens is 446 g/mol. The molecule has 0 saturated carbocycles. The van der Waals surface area contributed by atoms with Gasteiger partial charge in [-0.3, -0.25) is 0 Å². The topological polar surface area (TPSA) is 66.8 Å². The van der Waals surface area contributed by atoms with Gasteiger partial charge < -0.3 is 8.83 Å². The van der Waals surface area contributed by atoms with Crippen molar-refractivity contribution in [1.82, 2.24) is 4.98 Å². The Morgan fingerprint density at radius 3 is 2.56 bits per heavy atom. The number of nitrogens with zero attached hydrogens (tertiary/aromatic N) is 3. The fourth-order valence-electron chi connectivity index (χ4n) is 5.18. The summed E-state index contributed by atoms with van der Waals surface area (Å²) < 4.78 is 14.8. The molecule has 5 heteroatoms. The Labute approximate surface area is 206 Å². The lowest BCUT2D eigenvalue weighted by Gasteiger charge is -2.05. The maximum Gasteiger partial charge on any atom is 0.227 e.